The highest BCUT2D eigenvalue weighted by molar-refractivity contribution is 5.77. The minimum atomic E-state index is -1.67. The Morgan fingerprint density at radius 2 is 1.88 bits per heavy atom. The number of rotatable bonds is 7. The highest BCUT2D eigenvalue weighted by Gasteiger charge is 2.25. The van der Waals surface area contributed by atoms with Crippen molar-refractivity contribution in [2.45, 2.75) is 18.8 Å². The lowest BCUT2D eigenvalue weighted by Gasteiger charge is -2.20. The number of aliphatic hydroxyl groups is 2. The third kappa shape index (κ3) is 5.10. The van der Waals surface area contributed by atoms with Gasteiger partial charge in [-0.2, -0.15) is 0 Å². The Hall–Kier alpha value is -2.77. The first kappa shape index (κ1) is 18.6. The molecule has 0 aliphatic heterocycles. The molecule has 7 heteroatoms. The number of nitrogens with one attached hydrogen (secondary N) is 1. The van der Waals surface area contributed by atoms with E-state index in [4.69, 9.17) is 4.74 Å². The SMILES string of the molecule is O=Cc1cccc(F)c1C(O)C(O)CNC(=O)OCc1ccccc1. The fourth-order valence-corrected chi connectivity index (χ4v) is 2.23. The van der Waals surface area contributed by atoms with Gasteiger partial charge in [0.15, 0.2) is 6.29 Å². The van der Waals surface area contributed by atoms with Crippen molar-refractivity contribution in [3.8, 4) is 0 Å². The first-order valence-electron chi connectivity index (χ1n) is 7.57. The number of amides is 1. The van der Waals surface area contributed by atoms with Crippen LogP contribution >= 0.6 is 0 Å². The number of hydrogen-bond acceptors (Lipinski definition) is 5. The van der Waals surface area contributed by atoms with Gasteiger partial charge in [0.2, 0.25) is 0 Å². The van der Waals surface area contributed by atoms with Crippen molar-refractivity contribution < 1.29 is 28.9 Å². The topological polar surface area (TPSA) is 95.9 Å². The average Bonchev–Trinajstić information content (AvgIpc) is 2.64. The molecule has 2 unspecified atom stereocenters. The molecule has 1 amide bonds. The molecule has 3 N–H and O–H groups in total. The minimum absolute atomic E-state index is 0.0495. The van der Waals surface area contributed by atoms with Gasteiger partial charge in [0, 0.05) is 17.7 Å². The lowest BCUT2D eigenvalue weighted by molar-refractivity contribution is 0.0160. The standard InChI is InChI=1S/C18H18FNO5/c19-14-8-4-7-13(10-21)16(14)17(23)15(22)9-20-18(24)25-11-12-5-2-1-3-6-12/h1-8,10,15,17,22-23H,9,11H2,(H,20,24). The molecule has 0 bridgehead atoms. The van der Waals surface area contributed by atoms with E-state index in [0.717, 1.165) is 11.6 Å². The molecule has 0 spiro atoms. The summed E-state index contributed by atoms with van der Waals surface area (Å²) in [7, 11) is 0. The average molecular weight is 347 g/mol. The molecule has 2 atom stereocenters. The number of carbonyl (C=O) groups excluding carboxylic acids is 2. The van der Waals surface area contributed by atoms with Gasteiger partial charge >= 0.3 is 6.09 Å². The predicted octanol–water partition coefficient (Wildman–Crippen LogP) is 1.96. The van der Waals surface area contributed by atoms with Crippen LogP contribution in [0.2, 0.25) is 0 Å². The van der Waals surface area contributed by atoms with E-state index < -0.39 is 24.1 Å². The first-order chi connectivity index (χ1) is 12.0. The van der Waals surface area contributed by atoms with Crippen molar-refractivity contribution >= 4 is 12.4 Å². The van der Waals surface area contributed by atoms with Crippen LogP contribution in [0.15, 0.2) is 48.5 Å². The molecule has 0 saturated heterocycles. The van der Waals surface area contributed by atoms with Gasteiger partial charge in [0.05, 0.1) is 0 Å². The number of halogens is 1. The summed E-state index contributed by atoms with van der Waals surface area (Å²) in [5.41, 5.74) is 0.405. The molecular weight excluding hydrogens is 329 g/mol. The van der Waals surface area contributed by atoms with Crippen molar-refractivity contribution in [2.24, 2.45) is 0 Å². The van der Waals surface area contributed by atoms with Gasteiger partial charge in [-0.3, -0.25) is 4.79 Å². The molecule has 0 aromatic heterocycles. The van der Waals surface area contributed by atoms with Gasteiger partial charge in [-0.1, -0.05) is 42.5 Å². The summed E-state index contributed by atoms with van der Waals surface area (Å²) < 4.78 is 18.8. The second kappa shape index (κ2) is 8.91. The molecule has 0 saturated carbocycles. The zero-order valence-electron chi connectivity index (χ0n) is 13.3. The fraction of sp³-hybridized carbons (Fsp3) is 0.222. The van der Waals surface area contributed by atoms with Crippen molar-refractivity contribution in [3.05, 3.63) is 71.0 Å². The molecule has 0 heterocycles. The smallest absolute Gasteiger partial charge is 0.407 e. The van der Waals surface area contributed by atoms with Crippen LogP contribution in [-0.4, -0.2) is 35.2 Å². The van der Waals surface area contributed by atoms with E-state index >= 15 is 0 Å². The van der Waals surface area contributed by atoms with E-state index in [2.05, 4.69) is 5.32 Å². The maximum Gasteiger partial charge on any atom is 0.407 e. The summed E-state index contributed by atoms with van der Waals surface area (Å²) in [5.74, 6) is -0.817. The number of alkyl carbamates (subject to hydrolysis) is 1. The van der Waals surface area contributed by atoms with Crippen LogP contribution in [-0.2, 0) is 11.3 Å². The van der Waals surface area contributed by atoms with Gasteiger partial charge in [0.1, 0.15) is 24.6 Å². The maximum atomic E-state index is 13.8. The normalized spacial score (nSPS) is 12.9. The third-order valence-electron chi connectivity index (χ3n) is 3.54. The zero-order valence-corrected chi connectivity index (χ0v) is 13.3. The van der Waals surface area contributed by atoms with E-state index in [1.54, 1.807) is 24.3 Å². The fourth-order valence-electron chi connectivity index (χ4n) is 2.23. The van der Waals surface area contributed by atoms with E-state index in [9.17, 15) is 24.2 Å². The van der Waals surface area contributed by atoms with Gasteiger partial charge in [-0.25, -0.2) is 9.18 Å². The Balaban J connectivity index is 1.88. The van der Waals surface area contributed by atoms with Gasteiger partial charge in [0.25, 0.3) is 0 Å². The second-order valence-corrected chi connectivity index (χ2v) is 5.32. The van der Waals surface area contributed by atoms with Crippen LogP contribution in [0.1, 0.15) is 27.6 Å². The highest BCUT2D eigenvalue weighted by Crippen LogP contribution is 2.23. The summed E-state index contributed by atoms with van der Waals surface area (Å²) in [6.07, 6.45) is -3.59. The molecule has 132 valence electrons. The largest absolute Gasteiger partial charge is 0.445 e. The van der Waals surface area contributed by atoms with Gasteiger partial charge < -0.3 is 20.3 Å². The van der Waals surface area contributed by atoms with E-state index in [1.807, 2.05) is 6.07 Å². The Morgan fingerprint density at radius 3 is 2.56 bits per heavy atom. The third-order valence-corrected chi connectivity index (χ3v) is 3.54. The van der Waals surface area contributed by atoms with Crippen LogP contribution in [0.25, 0.3) is 0 Å². The van der Waals surface area contributed by atoms with Crippen molar-refractivity contribution in [1.29, 1.82) is 0 Å². The number of carbonyl (C=O) groups is 2. The number of benzene rings is 2. The molecule has 6 nitrogen and oxygen atoms in total. The maximum absolute atomic E-state index is 13.8. The molecular formula is C18H18FNO5. The first-order valence-corrected chi connectivity index (χ1v) is 7.57. The molecule has 0 aliphatic rings. The van der Waals surface area contributed by atoms with E-state index in [0.29, 0.717) is 6.29 Å². The van der Waals surface area contributed by atoms with Crippen LogP contribution in [0.3, 0.4) is 0 Å². The molecule has 0 radical (unpaired) electrons. The molecule has 25 heavy (non-hydrogen) atoms. The second-order valence-electron chi connectivity index (χ2n) is 5.32. The molecule has 0 aliphatic carbocycles. The highest BCUT2D eigenvalue weighted by atomic mass is 19.1. The Labute approximate surface area is 143 Å². The summed E-state index contributed by atoms with van der Waals surface area (Å²) in [6, 6.07) is 12.7. The molecule has 0 fully saturated rings. The van der Waals surface area contributed by atoms with Crippen molar-refractivity contribution in [3.63, 3.8) is 0 Å². The lowest BCUT2D eigenvalue weighted by Crippen LogP contribution is -2.36. The van der Waals surface area contributed by atoms with Crippen LogP contribution in [0.4, 0.5) is 9.18 Å². The Bertz CT molecular complexity index is 723. The van der Waals surface area contributed by atoms with Crippen molar-refractivity contribution in [1.82, 2.24) is 5.32 Å². The molecule has 2 aromatic carbocycles. The number of hydrogen-bond donors (Lipinski definition) is 3. The summed E-state index contributed by atoms with van der Waals surface area (Å²) in [6.45, 7) is -0.324. The van der Waals surface area contributed by atoms with Gasteiger partial charge in [-0.05, 0) is 11.6 Å². The number of ether oxygens (including phenoxy) is 1. The van der Waals surface area contributed by atoms with Gasteiger partial charge in [-0.15, -0.1) is 0 Å². The van der Waals surface area contributed by atoms with E-state index in [1.165, 1.54) is 12.1 Å². The quantitative estimate of drug-likeness (QED) is 0.666. The van der Waals surface area contributed by atoms with E-state index in [-0.39, 0.29) is 24.3 Å². The van der Waals surface area contributed by atoms with Crippen LogP contribution in [0, 0.1) is 5.82 Å². The van der Waals surface area contributed by atoms with Crippen LogP contribution < -0.4 is 5.32 Å². The summed E-state index contributed by atoms with van der Waals surface area (Å²) in [5, 5.41) is 22.3. The molecule has 2 rings (SSSR count). The molecule has 2 aromatic rings. The van der Waals surface area contributed by atoms with Crippen LogP contribution in [0.5, 0.6) is 0 Å². The number of aliphatic hydroxyl groups excluding tert-OH is 2. The minimum Gasteiger partial charge on any atom is -0.445 e. The lowest BCUT2D eigenvalue weighted by atomic mass is 9.98. The Morgan fingerprint density at radius 1 is 1.16 bits per heavy atom. The summed E-state index contributed by atoms with van der Waals surface area (Å²) in [4.78, 5) is 22.6. The number of aldehydes is 1. The Kier molecular flexibility index (Phi) is 6.62. The monoisotopic (exact) mass is 347 g/mol. The predicted molar refractivity (Wildman–Crippen MR) is 87.4 cm³/mol. The van der Waals surface area contributed by atoms with Crippen molar-refractivity contribution in [2.75, 3.05) is 6.54 Å². The summed E-state index contributed by atoms with van der Waals surface area (Å²) >= 11 is 0. The zero-order chi connectivity index (χ0) is 18.2.